The van der Waals surface area contributed by atoms with Crippen molar-refractivity contribution in [2.75, 3.05) is 39.3 Å². The van der Waals surface area contributed by atoms with Crippen LogP contribution >= 0.6 is 0 Å². The summed E-state index contributed by atoms with van der Waals surface area (Å²) in [6.45, 7) is 4.34. The van der Waals surface area contributed by atoms with Gasteiger partial charge in [-0.15, -0.1) is 0 Å². The minimum Gasteiger partial charge on any atom is -0.384 e. The number of rotatable bonds is 4. The lowest BCUT2D eigenvalue weighted by Gasteiger charge is -2.39. The van der Waals surface area contributed by atoms with Gasteiger partial charge in [-0.3, -0.25) is 9.80 Å². The highest BCUT2D eigenvalue weighted by Gasteiger charge is 2.26. The fraction of sp³-hybridized carbons (Fsp3) is 0.333. The van der Waals surface area contributed by atoms with E-state index >= 15 is 0 Å². The number of benzene rings is 2. The summed E-state index contributed by atoms with van der Waals surface area (Å²) < 4.78 is 13.3. The molecule has 0 saturated carbocycles. The maximum atomic E-state index is 13.3. The molecular formula is C21H23FN2O. The molecule has 0 aromatic heterocycles. The smallest absolute Gasteiger partial charge is 0.123 e. The van der Waals surface area contributed by atoms with Gasteiger partial charge in [0, 0.05) is 26.2 Å². The number of nitrogens with zero attached hydrogens (tertiary/aromatic N) is 2. The fourth-order valence-corrected chi connectivity index (χ4v) is 3.30. The van der Waals surface area contributed by atoms with E-state index in [-0.39, 0.29) is 18.5 Å². The van der Waals surface area contributed by atoms with Gasteiger partial charge in [0.25, 0.3) is 0 Å². The van der Waals surface area contributed by atoms with Crippen molar-refractivity contribution in [2.45, 2.75) is 6.04 Å². The predicted octanol–water partition coefficient (Wildman–Crippen LogP) is 2.53. The first-order valence-corrected chi connectivity index (χ1v) is 8.61. The van der Waals surface area contributed by atoms with Crippen LogP contribution in [0.1, 0.15) is 17.2 Å². The van der Waals surface area contributed by atoms with Crippen molar-refractivity contribution in [3.8, 4) is 11.8 Å². The Balaban J connectivity index is 1.76. The van der Waals surface area contributed by atoms with Gasteiger partial charge >= 0.3 is 0 Å². The lowest BCUT2D eigenvalue weighted by Crippen LogP contribution is -2.47. The maximum absolute atomic E-state index is 13.3. The number of aliphatic hydroxyl groups excluding tert-OH is 1. The van der Waals surface area contributed by atoms with E-state index in [1.54, 1.807) is 0 Å². The third kappa shape index (κ3) is 4.67. The molecule has 1 aliphatic heterocycles. The van der Waals surface area contributed by atoms with Crippen LogP contribution in [0, 0.1) is 17.7 Å². The van der Waals surface area contributed by atoms with Crippen LogP contribution in [-0.2, 0) is 0 Å². The number of hydrogen-bond donors (Lipinski definition) is 1. The summed E-state index contributed by atoms with van der Waals surface area (Å²) >= 11 is 0. The van der Waals surface area contributed by atoms with Gasteiger partial charge < -0.3 is 5.11 Å². The van der Waals surface area contributed by atoms with E-state index in [1.807, 2.05) is 30.3 Å². The number of aliphatic hydroxyl groups is 1. The Morgan fingerprint density at radius 3 is 2.16 bits per heavy atom. The first-order chi connectivity index (χ1) is 12.3. The lowest BCUT2D eigenvalue weighted by atomic mass is 9.96. The third-order valence-corrected chi connectivity index (χ3v) is 4.58. The molecule has 1 atom stereocenters. The summed E-state index contributed by atoms with van der Waals surface area (Å²) in [7, 11) is 0. The Morgan fingerprint density at radius 1 is 0.880 bits per heavy atom. The zero-order valence-electron chi connectivity index (χ0n) is 14.2. The van der Waals surface area contributed by atoms with Crippen molar-refractivity contribution in [3.05, 3.63) is 71.5 Å². The van der Waals surface area contributed by atoms with E-state index in [9.17, 15) is 4.39 Å². The molecule has 0 amide bonds. The van der Waals surface area contributed by atoms with Crippen LogP contribution in [0.2, 0.25) is 0 Å². The van der Waals surface area contributed by atoms with E-state index in [0.29, 0.717) is 6.54 Å². The fourth-order valence-electron chi connectivity index (χ4n) is 3.30. The SMILES string of the molecule is OCC#CCN1CCN(C(c2ccccc2)c2ccc(F)cc2)CC1. The molecule has 3 rings (SSSR count). The second-order valence-corrected chi connectivity index (χ2v) is 6.19. The second-order valence-electron chi connectivity index (χ2n) is 6.19. The highest BCUT2D eigenvalue weighted by Crippen LogP contribution is 2.29. The molecule has 1 fully saturated rings. The lowest BCUT2D eigenvalue weighted by molar-refractivity contribution is 0.119. The Labute approximate surface area is 148 Å². The summed E-state index contributed by atoms with van der Waals surface area (Å²) in [4.78, 5) is 4.74. The number of hydrogen-bond acceptors (Lipinski definition) is 3. The average molecular weight is 338 g/mol. The summed E-state index contributed by atoms with van der Waals surface area (Å²) in [5.74, 6) is 5.48. The predicted molar refractivity (Wildman–Crippen MR) is 97.6 cm³/mol. The Bertz CT molecular complexity index is 713. The molecule has 1 unspecified atom stereocenters. The van der Waals surface area contributed by atoms with Crippen molar-refractivity contribution in [3.63, 3.8) is 0 Å². The maximum Gasteiger partial charge on any atom is 0.123 e. The minimum absolute atomic E-state index is 0.0827. The van der Waals surface area contributed by atoms with Crippen LogP contribution in [0.3, 0.4) is 0 Å². The molecule has 2 aromatic carbocycles. The van der Waals surface area contributed by atoms with Gasteiger partial charge in [0.1, 0.15) is 12.4 Å². The number of halogens is 1. The van der Waals surface area contributed by atoms with Crippen LogP contribution in [0.4, 0.5) is 4.39 Å². The van der Waals surface area contributed by atoms with Gasteiger partial charge in [0.2, 0.25) is 0 Å². The topological polar surface area (TPSA) is 26.7 Å². The molecule has 0 radical (unpaired) electrons. The zero-order valence-corrected chi connectivity index (χ0v) is 14.2. The van der Waals surface area contributed by atoms with Crippen molar-refractivity contribution in [1.29, 1.82) is 0 Å². The highest BCUT2D eigenvalue weighted by atomic mass is 19.1. The number of piperazine rings is 1. The molecule has 1 N–H and O–H groups in total. The Kier molecular flexibility index (Phi) is 6.19. The van der Waals surface area contributed by atoms with E-state index in [4.69, 9.17) is 5.11 Å². The first kappa shape index (κ1) is 17.6. The molecule has 2 aromatic rings. The van der Waals surface area contributed by atoms with E-state index < -0.39 is 0 Å². The summed E-state index contributed by atoms with van der Waals surface area (Å²) in [6, 6.07) is 17.3. The van der Waals surface area contributed by atoms with Gasteiger partial charge in [-0.05, 0) is 23.3 Å². The van der Waals surface area contributed by atoms with Crippen molar-refractivity contribution < 1.29 is 9.50 Å². The van der Waals surface area contributed by atoms with Gasteiger partial charge in [-0.1, -0.05) is 54.3 Å². The standard InChI is InChI=1S/C21H23FN2O/c22-20-10-8-19(9-11-20)21(18-6-2-1-3-7-18)24-15-13-23(14-16-24)12-4-5-17-25/h1-3,6-11,21,25H,12-17H2. The highest BCUT2D eigenvalue weighted by molar-refractivity contribution is 5.32. The third-order valence-electron chi connectivity index (χ3n) is 4.58. The molecule has 1 saturated heterocycles. The van der Waals surface area contributed by atoms with Crippen molar-refractivity contribution >= 4 is 0 Å². The van der Waals surface area contributed by atoms with Crippen LogP contribution in [-0.4, -0.2) is 54.2 Å². The van der Waals surface area contributed by atoms with Crippen LogP contribution < -0.4 is 0 Å². The van der Waals surface area contributed by atoms with Crippen LogP contribution in [0.15, 0.2) is 54.6 Å². The molecule has 1 heterocycles. The molecule has 4 heteroatoms. The Morgan fingerprint density at radius 2 is 1.52 bits per heavy atom. The van der Waals surface area contributed by atoms with Gasteiger partial charge in [-0.2, -0.15) is 0 Å². The normalized spacial score (nSPS) is 16.9. The van der Waals surface area contributed by atoms with Crippen LogP contribution in [0.5, 0.6) is 0 Å². The van der Waals surface area contributed by atoms with E-state index in [1.165, 1.54) is 17.7 Å². The van der Waals surface area contributed by atoms with E-state index in [2.05, 4.69) is 33.8 Å². The average Bonchev–Trinajstić information content (AvgIpc) is 2.66. The minimum atomic E-state index is -0.206. The zero-order chi connectivity index (χ0) is 17.5. The second kappa shape index (κ2) is 8.77. The van der Waals surface area contributed by atoms with E-state index in [0.717, 1.165) is 31.7 Å². The quantitative estimate of drug-likeness (QED) is 0.868. The van der Waals surface area contributed by atoms with Gasteiger partial charge in [-0.25, -0.2) is 4.39 Å². The molecule has 0 bridgehead atoms. The van der Waals surface area contributed by atoms with Gasteiger partial charge in [0.05, 0.1) is 12.6 Å². The molecule has 0 aliphatic carbocycles. The molecule has 1 aliphatic rings. The molecule has 3 nitrogen and oxygen atoms in total. The summed E-state index contributed by atoms with van der Waals surface area (Å²) in [6.07, 6.45) is 0. The monoisotopic (exact) mass is 338 g/mol. The van der Waals surface area contributed by atoms with Crippen molar-refractivity contribution in [2.24, 2.45) is 0 Å². The van der Waals surface area contributed by atoms with Crippen molar-refractivity contribution in [1.82, 2.24) is 9.80 Å². The molecule has 25 heavy (non-hydrogen) atoms. The molecular weight excluding hydrogens is 315 g/mol. The first-order valence-electron chi connectivity index (χ1n) is 8.61. The Hall–Kier alpha value is -2.19. The summed E-state index contributed by atoms with van der Waals surface area (Å²) in [5, 5.41) is 8.76. The van der Waals surface area contributed by atoms with Gasteiger partial charge in [0.15, 0.2) is 0 Å². The largest absolute Gasteiger partial charge is 0.384 e. The molecule has 0 spiro atoms. The summed E-state index contributed by atoms with van der Waals surface area (Å²) in [5.41, 5.74) is 2.34. The molecule has 130 valence electrons. The van der Waals surface area contributed by atoms with Crippen LogP contribution in [0.25, 0.3) is 0 Å².